The second kappa shape index (κ2) is 7.74. The minimum absolute atomic E-state index is 0.0761. The van der Waals surface area contributed by atoms with Crippen molar-refractivity contribution in [1.82, 2.24) is 5.32 Å². The van der Waals surface area contributed by atoms with Crippen molar-refractivity contribution < 1.29 is 14.2 Å². The Labute approximate surface area is 123 Å². The monoisotopic (exact) mass is 285 g/mol. The average Bonchev–Trinajstić information content (AvgIpc) is 2.44. The van der Waals surface area contributed by atoms with E-state index in [1.165, 1.54) is 0 Å². The molecule has 2 aliphatic rings. The molecule has 2 unspecified atom stereocenters. The average molecular weight is 285 g/mol. The summed E-state index contributed by atoms with van der Waals surface area (Å²) in [5, 5.41) is 3.62. The standard InChI is InChI=1S/C16H31NO3/c1-4-17-15(12-19-13(2)3)14-5-8-20-16(11-14)6-9-18-10-7-16/h13-15,17H,4-12H2,1-3H3. The molecular weight excluding hydrogens is 254 g/mol. The number of hydrogen-bond acceptors (Lipinski definition) is 4. The van der Waals surface area contributed by atoms with Crippen molar-refractivity contribution in [2.45, 2.75) is 64.2 Å². The second-order valence-electron chi connectivity index (χ2n) is 6.44. The molecule has 2 atom stereocenters. The quantitative estimate of drug-likeness (QED) is 0.813. The molecule has 2 heterocycles. The maximum absolute atomic E-state index is 6.14. The topological polar surface area (TPSA) is 39.7 Å². The highest BCUT2D eigenvalue weighted by molar-refractivity contribution is 4.92. The summed E-state index contributed by atoms with van der Waals surface area (Å²) < 4.78 is 17.5. The van der Waals surface area contributed by atoms with E-state index in [1.54, 1.807) is 0 Å². The lowest BCUT2D eigenvalue weighted by molar-refractivity contribution is -0.152. The molecule has 118 valence electrons. The zero-order valence-electron chi connectivity index (χ0n) is 13.3. The minimum atomic E-state index is 0.0761. The first-order chi connectivity index (χ1) is 9.65. The van der Waals surface area contributed by atoms with E-state index in [2.05, 4.69) is 26.1 Å². The first kappa shape index (κ1) is 16.2. The molecule has 0 aliphatic carbocycles. The number of hydrogen-bond donors (Lipinski definition) is 1. The number of likely N-dealkylation sites (N-methyl/N-ethyl adjacent to an activating group) is 1. The zero-order chi connectivity index (χ0) is 14.4. The molecule has 0 radical (unpaired) electrons. The van der Waals surface area contributed by atoms with E-state index in [-0.39, 0.29) is 5.60 Å². The van der Waals surface area contributed by atoms with E-state index in [4.69, 9.17) is 14.2 Å². The van der Waals surface area contributed by atoms with Crippen LogP contribution in [-0.2, 0) is 14.2 Å². The Morgan fingerprint density at radius 3 is 2.65 bits per heavy atom. The highest BCUT2D eigenvalue weighted by Crippen LogP contribution is 2.38. The normalized spacial score (nSPS) is 27.9. The Kier molecular flexibility index (Phi) is 6.27. The van der Waals surface area contributed by atoms with Gasteiger partial charge in [0.15, 0.2) is 0 Å². The Morgan fingerprint density at radius 2 is 2.00 bits per heavy atom. The van der Waals surface area contributed by atoms with Crippen molar-refractivity contribution in [1.29, 1.82) is 0 Å². The molecule has 1 spiro atoms. The van der Waals surface area contributed by atoms with Crippen LogP contribution >= 0.6 is 0 Å². The Balaban J connectivity index is 1.93. The van der Waals surface area contributed by atoms with Gasteiger partial charge in [-0.25, -0.2) is 0 Å². The van der Waals surface area contributed by atoms with E-state index in [1.807, 2.05) is 0 Å². The first-order valence-electron chi connectivity index (χ1n) is 8.22. The van der Waals surface area contributed by atoms with Crippen LogP contribution in [0, 0.1) is 5.92 Å². The van der Waals surface area contributed by atoms with E-state index >= 15 is 0 Å². The van der Waals surface area contributed by atoms with Gasteiger partial charge in [0.1, 0.15) is 0 Å². The van der Waals surface area contributed by atoms with Crippen LogP contribution in [0.5, 0.6) is 0 Å². The van der Waals surface area contributed by atoms with Crippen LogP contribution in [0.2, 0.25) is 0 Å². The van der Waals surface area contributed by atoms with Gasteiger partial charge in [0, 0.05) is 25.9 Å². The van der Waals surface area contributed by atoms with Crippen LogP contribution in [0.1, 0.15) is 46.5 Å². The predicted octanol–water partition coefficient (Wildman–Crippen LogP) is 2.37. The minimum Gasteiger partial charge on any atom is -0.381 e. The van der Waals surface area contributed by atoms with Gasteiger partial charge < -0.3 is 19.5 Å². The molecular formula is C16H31NO3. The van der Waals surface area contributed by atoms with Gasteiger partial charge in [0.25, 0.3) is 0 Å². The van der Waals surface area contributed by atoms with Gasteiger partial charge in [-0.3, -0.25) is 0 Å². The SMILES string of the molecule is CCNC(COC(C)C)C1CCOC2(CCOCC2)C1. The molecule has 0 aromatic heterocycles. The van der Waals surface area contributed by atoms with Crippen molar-refractivity contribution in [2.24, 2.45) is 5.92 Å². The summed E-state index contributed by atoms with van der Waals surface area (Å²) in [5.41, 5.74) is 0.0761. The van der Waals surface area contributed by atoms with Crippen LogP contribution in [-0.4, -0.2) is 50.7 Å². The molecule has 4 heteroatoms. The van der Waals surface area contributed by atoms with Crippen molar-refractivity contribution in [2.75, 3.05) is 33.0 Å². The third kappa shape index (κ3) is 4.42. The molecule has 1 N–H and O–H groups in total. The Hall–Kier alpha value is -0.160. The molecule has 2 saturated heterocycles. The number of rotatable bonds is 6. The van der Waals surface area contributed by atoms with Gasteiger partial charge in [0.05, 0.1) is 18.3 Å². The van der Waals surface area contributed by atoms with Gasteiger partial charge in [-0.15, -0.1) is 0 Å². The van der Waals surface area contributed by atoms with E-state index in [0.29, 0.717) is 18.1 Å². The van der Waals surface area contributed by atoms with Crippen LogP contribution in [0.3, 0.4) is 0 Å². The highest BCUT2D eigenvalue weighted by atomic mass is 16.5. The third-order valence-corrected chi connectivity index (χ3v) is 4.58. The fourth-order valence-corrected chi connectivity index (χ4v) is 3.42. The molecule has 2 fully saturated rings. The van der Waals surface area contributed by atoms with Crippen molar-refractivity contribution in [3.8, 4) is 0 Å². The summed E-state index contributed by atoms with van der Waals surface area (Å²) in [4.78, 5) is 0. The lowest BCUT2D eigenvalue weighted by Crippen LogP contribution is -2.50. The third-order valence-electron chi connectivity index (χ3n) is 4.58. The molecule has 0 saturated carbocycles. The Bertz CT molecular complexity index is 271. The Morgan fingerprint density at radius 1 is 1.25 bits per heavy atom. The van der Waals surface area contributed by atoms with Gasteiger partial charge >= 0.3 is 0 Å². The maximum atomic E-state index is 6.14. The summed E-state index contributed by atoms with van der Waals surface area (Å²) in [6, 6.07) is 0.450. The molecule has 0 aromatic carbocycles. The highest BCUT2D eigenvalue weighted by Gasteiger charge is 2.41. The summed E-state index contributed by atoms with van der Waals surface area (Å²) in [6.45, 7) is 10.8. The van der Waals surface area contributed by atoms with Gasteiger partial charge in [0.2, 0.25) is 0 Å². The lowest BCUT2D eigenvalue weighted by Gasteiger charge is -2.45. The zero-order valence-corrected chi connectivity index (χ0v) is 13.3. The number of ether oxygens (including phenoxy) is 3. The summed E-state index contributed by atoms with van der Waals surface area (Å²) in [5.74, 6) is 0.653. The fourth-order valence-electron chi connectivity index (χ4n) is 3.42. The fraction of sp³-hybridized carbons (Fsp3) is 1.00. The van der Waals surface area contributed by atoms with E-state index < -0.39 is 0 Å². The first-order valence-corrected chi connectivity index (χ1v) is 8.22. The largest absolute Gasteiger partial charge is 0.381 e. The van der Waals surface area contributed by atoms with Crippen LogP contribution in [0.25, 0.3) is 0 Å². The molecule has 4 nitrogen and oxygen atoms in total. The van der Waals surface area contributed by atoms with Gasteiger partial charge in [-0.05, 0) is 52.0 Å². The molecule has 20 heavy (non-hydrogen) atoms. The van der Waals surface area contributed by atoms with Crippen molar-refractivity contribution in [3.63, 3.8) is 0 Å². The van der Waals surface area contributed by atoms with E-state index in [9.17, 15) is 0 Å². The summed E-state index contributed by atoms with van der Waals surface area (Å²) >= 11 is 0. The smallest absolute Gasteiger partial charge is 0.0729 e. The lowest BCUT2D eigenvalue weighted by atomic mass is 9.78. The van der Waals surface area contributed by atoms with Gasteiger partial charge in [-0.1, -0.05) is 6.92 Å². The van der Waals surface area contributed by atoms with Crippen LogP contribution in [0.15, 0.2) is 0 Å². The molecule has 0 bridgehead atoms. The second-order valence-corrected chi connectivity index (χ2v) is 6.44. The summed E-state index contributed by atoms with van der Waals surface area (Å²) in [7, 11) is 0. The van der Waals surface area contributed by atoms with Crippen molar-refractivity contribution in [3.05, 3.63) is 0 Å². The molecule has 0 aromatic rings. The predicted molar refractivity (Wildman–Crippen MR) is 80.0 cm³/mol. The maximum Gasteiger partial charge on any atom is 0.0729 e. The summed E-state index contributed by atoms with van der Waals surface area (Å²) in [6.07, 6.45) is 4.69. The molecule has 2 rings (SSSR count). The molecule has 2 aliphatic heterocycles. The molecule has 0 amide bonds. The van der Waals surface area contributed by atoms with E-state index in [0.717, 1.165) is 58.7 Å². The van der Waals surface area contributed by atoms with Crippen LogP contribution < -0.4 is 5.32 Å². The number of nitrogens with one attached hydrogen (secondary N) is 1. The van der Waals surface area contributed by atoms with Crippen molar-refractivity contribution >= 4 is 0 Å². The van der Waals surface area contributed by atoms with Gasteiger partial charge in [-0.2, -0.15) is 0 Å². The van der Waals surface area contributed by atoms with Crippen LogP contribution in [0.4, 0.5) is 0 Å².